The summed E-state index contributed by atoms with van der Waals surface area (Å²) < 4.78 is 0.651. The molecule has 6 heteroatoms. The average Bonchev–Trinajstić information content (AvgIpc) is 2.85. The molecule has 2 fully saturated rings. The summed E-state index contributed by atoms with van der Waals surface area (Å²) in [5.41, 5.74) is 1.11. The van der Waals surface area contributed by atoms with Crippen LogP contribution in [0.25, 0.3) is 6.08 Å². The lowest BCUT2D eigenvalue weighted by molar-refractivity contribution is -0.123. The fourth-order valence-electron chi connectivity index (χ4n) is 2.64. The van der Waals surface area contributed by atoms with Crippen LogP contribution in [0.1, 0.15) is 5.56 Å². The molecule has 2 aliphatic rings. The zero-order valence-electron chi connectivity index (χ0n) is 13.7. The van der Waals surface area contributed by atoms with E-state index in [1.165, 1.54) is 11.8 Å². The van der Waals surface area contributed by atoms with Crippen LogP contribution >= 0.6 is 24.0 Å². The summed E-state index contributed by atoms with van der Waals surface area (Å²) in [6.45, 7) is 4.61. The first-order valence-electron chi connectivity index (χ1n) is 8.01. The number of hydrogen-bond donors (Lipinski definition) is 0. The van der Waals surface area contributed by atoms with Crippen molar-refractivity contribution < 1.29 is 4.79 Å². The molecule has 0 aliphatic carbocycles. The van der Waals surface area contributed by atoms with E-state index in [1.54, 1.807) is 4.90 Å². The molecule has 0 bridgehead atoms. The number of piperazine rings is 1. The highest BCUT2D eigenvalue weighted by Crippen LogP contribution is 2.31. The van der Waals surface area contributed by atoms with Gasteiger partial charge in [0.15, 0.2) is 0 Å². The number of thioether (sulfide) groups is 1. The Morgan fingerprint density at radius 3 is 2.58 bits per heavy atom. The number of benzene rings is 1. The van der Waals surface area contributed by atoms with Crippen molar-refractivity contribution in [2.75, 3.05) is 39.9 Å². The quantitative estimate of drug-likeness (QED) is 0.608. The molecule has 0 radical (unpaired) electrons. The van der Waals surface area contributed by atoms with E-state index in [-0.39, 0.29) is 5.91 Å². The van der Waals surface area contributed by atoms with E-state index in [0.717, 1.165) is 31.7 Å². The molecular formula is C18H21N3OS2. The van der Waals surface area contributed by atoms with Crippen molar-refractivity contribution in [3.05, 3.63) is 53.0 Å². The van der Waals surface area contributed by atoms with Crippen molar-refractivity contribution in [1.29, 1.82) is 0 Å². The van der Waals surface area contributed by atoms with Gasteiger partial charge in [-0.15, -0.1) is 0 Å². The maximum Gasteiger partial charge on any atom is 0.267 e. The Labute approximate surface area is 152 Å². The van der Waals surface area contributed by atoms with E-state index in [2.05, 4.69) is 16.8 Å². The normalized spacial score (nSPS) is 22.2. The molecular weight excluding hydrogens is 338 g/mol. The number of nitrogens with zero attached hydrogens (tertiary/aromatic N) is 3. The third-order valence-corrected chi connectivity index (χ3v) is 5.54. The Bertz CT molecular complexity index is 664. The molecule has 24 heavy (non-hydrogen) atoms. The molecule has 4 nitrogen and oxygen atoms in total. The Kier molecular flexibility index (Phi) is 5.84. The molecule has 0 aromatic heterocycles. The highest BCUT2D eigenvalue weighted by atomic mass is 32.2. The number of carbonyl (C=O) groups is 1. The molecule has 1 amide bonds. The Morgan fingerprint density at radius 2 is 1.88 bits per heavy atom. The lowest BCUT2D eigenvalue weighted by Gasteiger charge is -2.34. The monoisotopic (exact) mass is 359 g/mol. The van der Waals surface area contributed by atoms with Gasteiger partial charge in [-0.3, -0.25) is 14.6 Å². The van der Waals surface area contributed by atoms with Gasteiger partial charge in [-0.2, -0.15) is 0 Å². The zero-order chi connectivity index (χ0) is 16.9. The summed E-state index contributed by atoms with van der Waals surface area (Å²) in [5.74, 6) is 0.0154. The first-order valence-corrected chi connectivity index (χ1v) is 9.24. The molecule has 3 rings (SSSR count). The van der Waals surface area contributed by atoms with Crippen molar-refractivity contribution >= 4 is 40.3 Å². The fourth-order valence-corrected chi connectivity index (χ4v) is 3.83. The number of hydrogen-bond acceptors (Lipinski definition) is 5. The molecule has 2 saturated heterocycles. The lowest BCUT2D eigenvalue weighted by atomic mass is 10.2. The molecule has 2 heterocycles. The van der Waals surface area contributed by atoms with Crippen LogP contribution in [-0.2, 0) is 4.79 Å². The molecule has 0 saturated carbocycles. The van der Waals surface area contributed by atoms with Crippen molar-refractivity contribution in [2.45, 2.75) is 0 Å². The van der Waals surface area contributed by atoms with Crippen molar-refractivity contribution in [3.63, 3.8) is 0 Å². The number of likely N-dealkylation sites (N-methyl/N-ethyl adjacent to an activating group) is 1. The van der Waals surface area contributed by atoms with E-state index in [1.807, 2.05) is 48.6 Å². The Balaban J connectivity index is 1.61. The first kappa shape index (κ1) is 17.4. The number of rotatable bonds is 4. The lowest BCUT2D eigenvalue weighted by Crippen LogP contribution is -2.49. The summed E-state index contributed by atoms with van der Waals surface area (Å²) in [7, 11) is 2.12. The van der Waals surface area contributed by atoms with Gasteiger partial charge in [-0.25, -0.2) is 0 Å². The number of carbonyl (C=O) groups excluding carboxylic acids is 1. The minimum absolute atomic E-state index is 0.0154. The summed E-state index contributed by atoms with van der Waals surface area (Å²) in [4.78, 5) is 19.6. The van der Waals surface area contributed by atoms with E-state index in [9.17, 15) is 4.79 Å². The van der Waals surface area contributed by atoms with Crippen LogP contribution in [0.3, 0.4) is 0 Å². The standard InChI is InChI=1S/C18H21N3OS2/c1-19-10-12-20(13-11-19)14-21-17(22)16(24-18(21)23)9-5-8-15-6-3-2-4-7-15/h2-9H,10-14H2,1H3/b8-5+,16-9+. The SMILES string of the molecule is CN1CCN(CN2C(=O)/C(=C\C=C\c3ccccc3)SC2=S)CC1. The predicted octanol–water partition coefficient (Wildman–Crippen LogP) is 2.65. The molecule has 1 aromatic carbocycles. The van der Waals surface area contributed by atoms with Gasteiger partial charge in [0.05, 0.1) is 11.6 Å². The Morgan fingerprint density at radius 1 is 1.17 bits per heavy atom. The van der Waals surface area contributed by atoms with Crippen LogP contribution in [0.5, 0.6) is 0 Å². The van der Waals surface area contributed by atoms with Gasteiger partial charge in [0.1, 0.15) is 4.32 Å². The van der Waals surface area contributed by atoms with Gasteiger partial charge >= 0.3 is 0 Å². The summed E-state index contributed by atoms with van der Waals surface area (Å²) >= 11 is 6.78. The van der Waals surface area contributed by atoms with E-state index in [4.69, 9.17) is 12.2 Å². The molecule has 0 unspecified atom stereocenters. The minimum atomic E-state index is 0.0154. The zero-order valence-corrected chi connectivity index (χ0v) is 15.4. The van der Waals surface area contributed by atoms with Crippen LogP contribution in [0.2, 0.25) is 0 Å². The van der Waals surface area contributed by atoms with Gasteiger partial charge in [0.2, 0.25) is 0 Å². The molecule has 0 atom stereocenters. The highest BCUT2D eigenvalue weighted by Gasteiger charge is 2.33. The number of amides is 1. The summed E-state index contributed by atoms with van der Waals surface area (Å²) in [6, 6.07) is 10.0. The third kappa shape index (κ3) is 4.33. The number of thiocarbonyl (C=S) groups is 1. The maximum absolute atomic E-state index is 12.6. The van der Waals surface area contributed by atoms with Gasteiger partial charge in [0.25, 0.3) is 5.91 Å². The molecule has 1 aromatic rings. The van der Waals surface area contributed by atoms with E-state index in [0.29, 0.717) is 15.9 Å². The predicted molar refractivity (Wildman–Crippen MR) is 105 cm³/mol. The molecule has 2 aliphatic heterocycles. The van der Waals surface area contributed by atoms with Crippen molar-refractivity contribution in [1.82, 2.24) is 14.7 Å². The summed E-state index contributed by atoms with van der Waals surface area (Å²) in [6.07, 6.45) is 5.76. The first-order chi connectivity index (χ1) is 11.6. The van der Waals surface area contributed by atoms with Crippen LogP contribution in [0.15, 0.2) is 47.4 Å². The molecule has 0 spiro atoms. The fraction of sp³-hybridized carbons (Fsp3) is 0.333. The average molecular weight is 360 g/mol. The van der Waals surface area contributed by atoms with E-state index < -0.39 is 0 Å². The topological polar surface area (TPSA) is 26.8 Å². The highest BCUT2D eigenvalue weighted by molar-refractivity contribution is 8.26. The largest absolute Gasteiger partial charge is 0.304 e. The molecule has 0 N–H and O–H groups in total. The smallest absolute Gasteiger partial charge is 0.267 e. The van der Waals surface area contributed by atoms with Crippen molar-refractivity contribution in [2.24, 2.45) is 0 Å². The summed E-state index contributed by atoms with van der Waals surface area (Å²) in [5, 5.41) is 0. The van der Waals surface area contributed by atoms with Crippen LogP contribution < -0.4 is 0 Å². The second kappa shape index (κ2) is 8.07. The van der Waals surface area contributed by atoms with Crippen LogP contribution in [0, 0.1) is 0 Å². The third-order valence-electron chi connectivity index (χ3n) is 4.15. The minimum Gasteiger partial charge on any atom is -0.304 e. The van der Waals surface area contributed by atoms with Gasteiger partial charge < -0.3 is 4.90 Å². The number of allylic oxidation sites excluding steroid dienone is 2. The van der Waals surface area contributed by atoms with Crippen molar-refractivity contribution in [3.8, 4) is 0 Å². The van der Waals surface area contributed by atoms with Crippen LogP contribution in [0.4, 0.5) is 0 Å². The Hall–Kier alpha value is -1.47. The van der Waals surface area contributed by atoms with Crippen LogP contribution in [-0.4, -0.2) is 64.8 Å². The second-order valence-electron chi connectivity index (χ2n) is 5.96. The van der Waals surface area contributed by atoms with E-state index >= 15 is 0 Å². The second-order valence-corrected chi connectivity index (χ2v) is 7.64. The maximum atomic E-state index is 12.6. The van der Waals surface area contributed by atoms with Gasteiger partial charge in [-0.1, -0.05) is 66.5 Å². The van der Waals surface area contributed by atoms with Gasteiger partial charge in [-0.05, 0) is 18.7 Å². The van der Waals surface area contributed by atoms with Gasteiger partial charge in [0, 0.05) is 26.2 Å². The molecule has 126 valence electrons.